The van der Waals surface area contributed by atoms with Crippen molar-refractivity contribution < 1.29 is 18.7 Å². The van der Waals surface area contributed by atoms with Gasteiger partial charge < -0.3 is 14.4 Å². The van der Waals surface area contributed by atoms with E-state index < -0.39 is 11.9 Å². The molecule has 3 heterocycles. The lowest BCUT2D eigenvalue weighted by Crippen LogP contribution is -2.19. The Balaban J connectivity index is 1.19. The molecule has 4 aromatic rings. The first-order valence-corrected chi connectivity index (χ1v) is 11.0. The molecule has 172 valence electrons. The number of nitrogens with zero attached hydrogens (tertiary/aromatic N) is 4. The number of carbonyl (C=O) groups excluding carboxylic acids is 1. The van der Waals surface area contributed by atoms with Crippen molar-refractivity contribution >= 4 is 23.5 Å². The highest BCUT2D eigenvalue weighted by molar-refractivity contribution is 6.30. The van der Waals surface area contributed by atoms with Crippen molar-refractivity contribution in [2.75, 3.05) is 4.90 Å². The summed E-state index contributed by atoms with van der Waals surface area (Å²) in [6, 6.07) is 19.3. The summed E-state index contributed by atoms with van der Waals surface area (Å²) in [5.41, 5.74) is 3.01. The van der Waals surface area contributed by atoms with E-state index in [1.807, 2.05) is 47.4 Å². The number of halogens is 2. The minimum Gasteiger partial charge on any atom is -0.473 e. The van der Waals surface area contributed by atoms with Crippen molar-refractivity contribution in [1.82, 2.24) is 14.8 Å². The first-order chi connectivity index (χ1) is 16.5. The van der Waals surface area contributed by atoms with E-state index in [2.05, 4.69) is 10.1 Å². The predicted molar refractivity (Wildman–Crippen MR) is 124 cm³/mol. The highest BCUT2D eigenvalue weighted by Gasteiger charge is 2.25. The molecule has 0 bridgehead atoms. The van der Waals surface area contributed by atoms with E-state index in [-0.39, 0.29) is 13.2 Å². The summed E-state index contributed by atoms with van der Waals surface area (Å²) in [6.45, 7) is 1.27. The molecule has 0 radical (unpaired) electrons. The van der Waals surface area contributed by atoms with Crippen LogP contribution in [0.25, 0.3) is 0 Å². The Kier molecular flexibility index (Phi) is 6.14. The predicted octanol–water partition coefficient (Wildman–Crippen LogP) is 5.35. The zero-order chi connectivity index (χ0) is 23.5. The molecule has 9 heteroatoms. The molecule has 7 nitrogen and oxygen atoms in total. The van der Waals surface area contributed by atoms with Gasteiger partial charge in [0.05, 0.1) is 12.2 Å². The van der Waals surface area contributed by atoms with Crippen LogP contribution in [0.15, 0.2) is 72.9 Å². The second kappa shape index (κ2) is 9.52. The van der Waals surface area contributed by atoms with Gasteiger partial charge in [-0.25, -0.2) is 9.18 Å². The van der Waals surface area contributed by atoms with E-state index in [0.29, 0.717) is 35.4 Å². The molecule has 0 aliphatic carbocycles. The van der Waals surface area contributed by atoms with E-state index in [1.165, 1.54) is 10.7 Å². The number of hydrogen-bond donors (Lipinski definition) is 0. The number of fused-ring (bicyclic) bond motifs is 1. The number of rotatable bonds is 6. The van der Waals surface area contributed by atoms with Gasteiger partial charge in [-0.1, -0.05) is 54.1 Å². The van der Waals surface area contributed by atoms with Crippen LogP contribution >= 0.6 is 11.6 Å². The van der Waals surface area contributed by atoms with Gasteiger partial charge in [0.25, 0.3) is 0 Å². The molecule has 0 spiro atoms. The van der Waals surface area contributed by atoms with E-state index in [0.717, 1.165) is 16.8 Å². The van der Waals surface area contributed by atoms with Crippen molar-refractivity contribution in [3.8, 4) is 5.88 Å². The van der Waals surface area contributed by atoms with Gasteiger partial charge in [-0.05, 0) is 23.8 Å². The molecule has 1 aliphatic rings. The molecule has 5 rings (SSSR count). The third-order valence-electron chi connectivity index (χ3n) is 5.39. The van der Waals surface area contributed by atoms with Gasteiger partial charge in [0.1, 0.15) is 24.8 Å². The van der Waals surface area contributed by atoms with E-state index >= 15 is 0 Å². The molecule has 0 N–H and O–H groups in total. The monoisotopic (exact) mass is 478 g/mol. The maximum atomic E-state index is 14.0. The Hall–Kier alpha value is -3.91. The van der Waals surface area contributed by atoms with E-state index in [1.54, 1.807) is 24.4 Å². The third-order valence-corrected chi connectivity index (χ3v) is 5.63. The number of anilines is 1. The maximum Gasteiger partial charge on any atom is 0.435 e. The number of pyridine rings is 1. The summed E-state index contributed by atoms with van der Waals surface area (Å²) in [6.07, 6.45) is 1.17. The first kappa shape index (κ1) is 21.9. The quantitative estimate of drug-likeness (QED) is 0.372. The minimum atomic E-state index is -0.521. The van der Waals surface area contributed by atoms with Crippen LogP contribution in [0, 0.1) is 5.82 Å². The summed E-state index contributed by atoms with van der Waals surface area (Å²) in [5.74, 6) is 0.657. The van der Waals surface area contributed by atoms with Crippen molar-refractivity contribution in [2.45, 2.75) is 26.3 Å². The standard InChI is InChI=1S/C25H20ClFN4O3/c26-20-10-9-18(21(27)11-20)16-33-24-8-4-7-23(28-24)30-12-19-13-31(29-22(19)14-30)25(32)34-15-17-5-2-1-3-6-17/h1-11,13H,12,14-16H2. The summed E-state index contributed by atoms with van der Waals surface area (Å²) in [5, 5.41) is 4.72. The second-order valence-electron chi connectivity index (χ2n) is 7.80. The van der Waals surface area contributed by atoms with Gasteiger partial charge in [0, 0.05) is 35.0 Å². The number of aromatic nitrogens is 3. The second-order valence-corrected chi connectivity index (χ2v) is 8.24. The van der Waals surface area contributed by atoms with Gasteiger partial charge >= 0.3 is 6.09 Å². The van der Waals surface area contributed by atoms with Crippen LogP contribution in [-0.4, -0.2) is 20.9 Å². The van der Waals surface area contributed by atoms with Crippen molar-refractivity contribution in [3.63, 3.8) is 0 Å². The molecule has 0 saturated heterocycles. The average molecular weight is 479 g/mol. The molecule has 0 fully saturated rings. The van der Waals surface area contributed by atoms with Crippen LogP contribution in [0.4, 0.5) is 15.0 Å². The number of hydrogen-bond acceptors (Lipinski definition) is 6. The van der Waals surface area contributed by atoms with Gasteiger partial charge in [-0.2, -0.15) is 14.8 Å². The lowest BCUT2D eigenvalue weighted by Gasteiger charge is -2.17. The van der Waals surface area contributed by atoms with E-state index in [4.69, 9.17) is 21.1 Å². The summed E-state index contributed by atoms with van der Waals surface area (Å²) >= 11 is 5.79. The molecule has 34 heavy (non-hydrogen) atoms. The largest absolute Gasteiger partial charge is 0.473 e. The Morgan fingerprint density at radius 1 is 1.03 bits per heavy atom. The molecule has 1 aliphatic heterocycles. The fraction of sp³-hybridized carbons (Fsp3) is 0.160. The van der Waals surface area contributed by atoms with Crippen molar-refractivity contribution in [2.24, 2.45) is 0 Å². The fourth-order valence-corrected chi connectivity index (χ4v) is 3.80. The molecule has 0 unspecified atom stereocenters. The topological polar surface area (TPSA) is 69.5 Å². The Morgan fingerprint density at radius 3 is 2.68 bits per heavy atom. The van der Waals surface area contributed by atoms with Crippen LogP contribution in [0.1, 0.15) is 22.4 Å². The average Bonchev–Trinajstić information content (AvgIpc) is 3.43. The first-order valence-electron chi connectivity index (χ1n) is 10.6. The van der Waals surface area contributed by atoms with Crippen LogP contribution in [0.3, 0.4) is 0 Å². The molecular formula is C25H20ClFN4O3. The summed E-state index contributed by atoms with van der Waals surface area (Å²) < 4.78 is 26.2. The molecule has 2 aromatic carbocycles. The van der Waals surface area contributed by atoms with Gasteiger partial charge in [0.15, 0.2) is 0 Å². The van der Waals surface area contributed by atoms with Gasteiger partial charge in [-0.15, -0.1) is 0 Å². The number of carbonyl (C=O) groups is 1. The lowest BCUT2D eigenvalue weighted by molar-refractivity contribution is 0.137. The van der Waals surface area contributed by atoms with Crippen molar-refractivity contribution in [1.29, 1.82) is 0 Å². The number of ether oxygens (including phenoxy) is 2. The van der Waals surface area contributed by atoms with Crippen LogP contribution < -0.4 is 9.64 Å². The zero-order valence-electron chi connectivity index (χ0n) is 18.0. The molecule has 0 saturated carbocycles. The van der Waals surface area contributed by atoms with E-state index in [9.17, 15) is 9.18 Å². The van der Waals surface area contributed by atoms with Crippen molar-refractivity contribution in [3.05, 3.63) is 106 Å². The number of benzene rings is 2. The Labute approximate surface area is 200 Å². The summed E-state index contributed by atoms with van der Waals surface area (Å²) in [7, 11) is 0. The minimum absolute atomic E-state index is 0.0391. The molecule has 0 atom stereocenters. The zero-order valence-corrected chi connectivity index (χ0v) is 18.8. The van der Waals surface area contributed by atoms with Gasteiger partial charge in [-0.3, -0.25) is 0 Å². The fourth-order valence-electron chi connectivity index (χ4n) is 3.64. The molecule has 2 aromatic heterocycles. The Bertz CT molecular complexity index is 1310. The van der Waals surface area contributed by atoms with Crippen LogP contribution in [0.2, 0.25) is 5.02 Å². The van der Waals surface area contributed by atoms with Gasteiger partial charge in [0.2, 0.25) is 5.88 Å². The molecular weight excluding hydrogens is 459 g/mol. The van der Waals surface area contributed by atoms with Crippen LogP contribution in [0.5, 0.6) is 5.88 Å². The third kappa shape index (κ3) is 4.87. The highest BCUT2D eigenvalue weighted by atomic mass is 35.5. The normalized spacial score (nSPS) is 12.5. The van der Waals surface area contributed by atoms with Crippen LogP contribution in [-0.2, 0) is 31.0 Å². The lowest BCUT2D eigenvalue weighted by atomic mass is 10.2. The maximum absolute atomic E-state index is 14.0. The summed E-state index contributed by atoms with van der Waals surface area (Å²) in [4.78, 5) is 18.9. The SMILES string of the molecule is O=C(OCc1ccccc1)n1cc2c(n1)CN(c1cccc(OCc3ccc(Cl)cc3F)n1)C2. The smallest absolute Gasteiger partial charge is 0.435 e. The highest BCUT2D eigenvalue weighted by Crippen LogP contribution is 2.27. The Morgan fingerprint density at radius 2 is 1.88 bits per heavy atom. The molecule has 0 amide bonds.